The first-order valence-corrected chi connectivity index (χ1v) is 4.62. The predicted molar refractivity (Wildman–Crippen MR) is 48.7 cm³/mol. The lowest BCUT2D eigenvalue weighted by Crippen LogP contribution is -2.36. The molecule has 11 heavy (non-hydrogen) atoms. The van der Waals surface area contributed by atoms with Crippen molar-refractivity contribution >= 4 is 0 Å². The molecular weight excluding hydrogens is 136 g/mol. The molecule has 1 saturated heterocycles. The first-order chi connectivity index (χ1) is 5.22. The number of rotatable bonds is 3. The molecule has 1 aliphatic rings. The average molecular weight is 156 g/mol. The van der Waals surface area contributed by atoms with Gasteiger partial charge in [-0.25, -0.2) is 0 Å². The topological polar surface area (TPSA) is 15.3 Å². The molecule has 1 fully saturated rings. The standard InChI is InChI=1S/C9H20N2/c1-8-4-5-11(6-8)7-9(2)10-3/h8-10H,4-7H2,1-3H3. The minimum atomic E-state index is 0.639. The van der Waals surface area contributed by atoms with Crippen LogP contribution >= 0.6 is 0 Å². The van der Waals surface area contributed by atoms with Gasteiger partial charge in [0.05, 0.1) is 0 Å². The van der Waals surface area contributed by atoms with Crippen molar-refractivity contribution in [3.8, 4) is 0 Å². The normalized spacial score (nSPS) is 29.2. The van der Waals surface area contributed by atoms with Gasteiger partial charge in [-0.2, -0.15) is 0 Å². The van der Waals surface area contributed by atoms with E-state index in [2.05, 4.69) is 24.1 Å². The van der Waals surface area contributed by atoms with Gasteiger partial charge in [0.1, 0.15) is 0 Å². The van der Waals surface area contributed by atoms with Crippen LogP contribution in [-0.2, 0) is 0 Å². The molecule has 1 heterocycles. The zero-order valence-electron chi connectivity index (χ0n) is 7.93. The average Bonchev–Trinajstić information content (AvgIpc) is 2.35. The fraction of sp³-hybridized carbons (Fsp3) is 1.00. The third kappa shape index (κ3) is 2.80. The maximum atomic E-state index is 3.26. The summed E-state index contributed by atoms with van der Waals surface area (Å²) < 4.78 is 0. The molecule has 0 aliphatic carbocycles. The molecule has 1 aliphatic heterocycles. The molecule has 0 aromatic carbocycles. The summed E-state index contributed by atoms with van der Waals surface area (Å²) in [5.41, 5.74) is 0. The molecule has 66 valence electrons. The highest BCUT2D eigenvalue weighted by atomic mass is 15.2. The Kier molecular flexibility index (Phi) is 3.34. The van der Waals surface area contributed by atoms with Gasteiger partial charge in [-0.15, -0.1) is 0 Å². The second-order valence-corrected chi connectivity index (χ2v) is 3.84. The van der Waals surface area contributed by atoms with Gasteiger partial charge in [-0.05, 0) is 32.9 Å². The summed E-state index contributed by atoms with van der Waals surface area (Å²) in [5, 5.41) is 3.26. The van der Waals surface area contributed by atoms with Gasteiger partial charge >= 0.3 is 0 Å². The van der Waals surface area contributed by atoms with Crippen LogP contribution in [0, 0.1) is 5.92 Å². The van der Waals surface area contributed by atoms with Crippen molar-refractivity contribution in [2.45, 2.75) is 26.3 Å². The Morgan fingerprint density at radius 1 is 1.64 bits per heavy atom. The van der Waals surface area contributed by atoms with Gasteiger partial charge < -0.3 is 10.2 Å². The minimum Gasteiger partial charge on any atom is -0.316 e. The lowest BCUT2D eigenvalue weighted by molar-refractivity contribution is 0.297. The first kappa shape index (κ1) is 9.01. The Morgan fingerprint density at radius 2 is 2.36 bits per heavy atom. The van der Waals surface area contributed by atoms with Crippen LogP contribution in [0.25, 0.3) is 0 Å². The van der Waals surface area contributed by atoms with Gasteiger partial charge in [-0.1, -0.05) is 6.92 Å². The minimum absolute atomic E-state index is 0.639. The molecule has 2 atom stereocenters. The molecule has 0 aromatic rings. The van der Waals surface area contributed by atoms with Crippen LogP contribution in [0.5, 0.6) is 0 Å². The van der Waals surface area contributed by atoms with Crippen LogP contribution in [0.2, 0.25) is 0 Å². The summed E-state index contributed by atoms with van der Waals surface area (Å²) in [5.74, 6) is 0.916. The lowest BCUT2D eigenvalue weighted by atomic mass is 10.2. The summed E-state index contributed by atoms with van der Waals surface area (Å²) in [4.78, 5) is 2.55. The number of likely N-dealkylation sites (tertiary alicyclic amines) is 1. The number of hydrogen-bond donors (Lipinski definition) is 1. The number of hydrogen-bond acceptors (Lipinski definition) is 2. The molecule has 0 saturated carbocycles. The summed E-state index contributed by atoms with van der Waals surface area (Å²) in [6, 6.07) is 0.639. The van der Waals surface area contributed by atoms with Gasteiger partial charge in [0.25, 0.3) is 0 Å². The molecular formula is C9H20N2. The molecule has 0 spiro atoms. The highest BCUT2D eigenvalue weighted by molar-refractivity contribution is 4.75. The van der Waals surface area contributed by atoms with Crippen LogP contribution in [0.15, 0.2) is 0 Å². The van der Waals surface area contributed by atoms with Crippen molar-refractivity contribution in [1.82, 2.24) is 10.2 Å². The van der Waals surface area contributed by atoms with Crippen molar-refractivity contribution in [2.24, 2.45) is 5.92 Å². The maximum Gasteiger partial charge on any atom is 0.0163 e. The maximum absolute atomic E-state index is 3.26. The molecule has 1 N–H and O–H groups in total. The second-order valence-electron chi connectivity index (χ2n) is 3.84. The van der Waals surface area contributed by atoms with Crippen molar-refractivity contribution in [3.63, 3.8) is 0 Å². The second kappa shape index (κ2) is 4.07. The van der Waals surface area contributed by atoms with E-state index in [0.29, 0.717) is 6.04 Å². The monoisotopic (exact) mass is 156 g/mol. The Bertz CT molecular complexity index is 114. The Balaban J connectivity index is 2.17. The van der Waals surface area contributed by atoms with E-state index < -0.39 is 0 Å². The van der Waals surface area contributed by atoms with Crippen molar-refractivity contribution in [1.29, 1.82) is 0 Å². The number of likely N-dealkylation sites (N-methyl/N-ethyl adjacent to an activating group) is 1. The fourth-order valence-electron chi connectivity index (χ4n) is 1.67. The largest absolute Gasteiger partial charge is 0.316 e. The van der Waals surface area contributed by atoms with E-state index >= 15 is 0 Å². The third-order valence-electron chi connectivity index (χ3n) is 2.53. The summed E-state index contributed by atoms with van der Waals surface area (Å²) in [6.07, 6.45) is 1.39. The lowest BCUT2D eigenvalue weighted by Gasteiger charge is -2.19. The van der Waals surface area contributed by atoms with Crippen LogP contribution in [0.4, 0.5) is 0 Å². The summed E-state index contributed by atoms with van der Waals surface area (Å²) in [7, 11) is 2.03. The van der Waals surface area contributed by atoms with Crippen molar-refractivity contribution in [3.05, 3.63) is 0 Å². The number of nitrogens with one attached hydrogen (secondary N) is 1. The molecule has 2 heteroatoms. The van der Waals surface area contributed by atoms with E-state index in [1.165, 1.54) is 26.1 Å². The van der Waals surface area contributed by atoms with E-state index in [1.54, 1.807) is 0 Å². The van der Waals surface area contributed by atoms with E-state index in [1.807, 2.05) is 7.05 Å². The molecule has 2 nitrogen and oxygen atoms in total. The zero-order chi connectivity index (χ0) is 8.27. The molecule has 0 radical (unpaired) electrons. The van der Waals surface area contributed by atoms with E-state index in [4.69, 9.17) is 0 Å². The highest BCUT2D eigenvalue weighted by Gasteiger charge is 2.19. The fourth-order valence-corrected chi connectivity index (χ4v) is 1.67. The number of nitrogens with zero attached hydrogens (tertiary/aromatic N) is 1. The van der Waals surface area contributed by atoms with Gasteiger partial charge in [0.15, 0.2) is 0 Å². The predicted octanol–water partition coefficient (Wildman–Crippen LogP) is 0.936. The van der Waals surface area contributed by atoms with Crippen LogP contribution in [0.3, 0.4) is 0 Å². The Labute approximate surface area is 70.0 Å². The van der Waals surface area contributed by atoms with E-state index in [-0.39, 0.29) is 0 Å². The summed E-state index contributed by atoms with van der Waals surface area (Å²) >= 11 is 0. The van der Waals surface area contributed by atoms with Crippen LogP contribution in [-0.4, -0.2) is 37.6 Å². The Morgan fingerprint density at radius 3 is 2.82 bits per heavy atom. The molecule has 0 amide bonds. The van der Waals surface area contributed by atoms with Crippen LogP contribution in [0.1, 0.15) is 20.3 Å². The van der Waals surface area contributed by atoms with Crippen molar-refractivity contribution < 1.29 is 0 Å². The SMILES string of the molecule is CNC(C)CN1CCC(C)C1. The molecule has 2 unspecified atom stereocenters. The van der Waals surface area contributed by atoms with E-state index in [0.717, 1.165) is 5.92 Å². The van der Waals surface area contributed by atoms with Gasteiger partial charge in [-0.3, -0.25) is 0 Å². The molecule has 1 rings (SSSR count). The van der Waals surface area contributed by atoms with Gasteiger partial charge in [0, 0.05) is 19.1 Å². The van der Waals surface area contributed by atoms with Crippen molar-refractivity contribution in [2.75, 3.05) is 26.7 Å². The highest BCUT2D eigenvalue weighted by Crippen LogP contribution is 2.14. The quantitative estimate of drug-likeness (QED) is 0.654. The Hall–Kier alpha value is -0.0800. The molecule has 0 bridgehead atoms. The first-order valence-electron chi connectivity index (χ1n) is 4.62. The molecule has 0 aromatic heterocycles. The summed E-state index contributed by atoms with van der Waals surface area (Å²) in [6.45, 7) is 8.38. The van der Waals surface area contributed by atoms with E-state index in [9.17, 15) is 0 Å². The smallest absolute Gasteiger partial charge is 0.0163 e. The van der Waals surface area contributed by atoms with Gasteiger partial charge in [0.2, 0.25) is 0 Å². The zero-order valence-corrected chi connectivity index (χ0v) is 7.93. The van der Waals surface area contributed by atoms with Crippen LogP contribution < -0.4 is 5.32 Å². The third-order valence-corrected chi connectivity index (χ3v) is 2.53.